The van der Waals surface area contributed by atoms with Crippen LogP contribution in [0.2, 0.25) is 0 Å². The molecule has 0 aromatic heterocycles. The van der Waals surface area contributed by atoms with Crippen molar-refractivity contribution in [3.05, 3.63) is 36.0 Å². The quantitative estimate of drug-likeness (QED) is 0.351. The third-order valence-electron chi connectivity index (χ3n) is 2.73. The van der Waals surface area contributed by atoms with Gasteiger partial charge in [-0.3, -0.25) is 4.79 Å². The molecule has 0 saturated heterocycles. The Labute approximate surface area is 130 Å². The highest BCUT2D eigenvalue weighted by Gasteiger charge is 2.07. The van der Waals surface area contributed by atoms with E-state index in [0.717, 1.165) is 11.4 Å². The average molecular weight is 307 g/mol. The summed E-state index contributed by atoms with van der Waals surface area (Å²) in [6.07, 6.45) is 2.08. The predicted molar refractivity (Wildman–Crippen MR) is 86.4 cm³/mol. The van der Waals surface area contributed by atoms with Crippen molar-refractivity contribution < 1.29 is 4.79 Å². The van der Waals surface area contributed by atoms with Crippen LogP contribution in [0.5, 0.6) is 0 Å². The number of amides is 1. The van der Waals surface area contributed by atoms with Crippen LogP contribution in [-0.2, 0) is 4.79 Å². The van der Waals surface area contributed by atoms with Crippen LogP contribution in [0.25, 0.3) is 0 Å². The summed E-state index contributed by atoms with van der Waals surface area (Å²) in [5.74, 6) is 0.0718. The van der Waals surface area contributed by atoms with Gasteiger partial charge in [0.15, 0.2) is 0 Å². The molecule has 0 fully saturated rings. The lowest BCUT2D eigenvalue weighted by Gasteiger charge is -2.12. The number of nitrogens with zero attached hydrogens (tertiary/aromatic N) is 2. The van der Waals surface area contributed by atoms with Gasteiger partial charge in [-0.25, -0.2) is 0 Å². The Hall–Kier alpha value is -2.19. The fraction of sp³-hybridized carbons (Fsp3) is 0.333. The van der Waals surface area contributed by atoms with Crippen molar-refractivity contribution >= 4 is 28.9 Å². The number of rotatable bonds is 7. The van der Waals surface area contributed by atoms with Crippen LogP contribution in [0.1, 0.15) is 6.42 Å². The maximum Gasteiger partial charge on any atom is 0.263 e. The highest BCUT2D eigenvalue weighted by atomic mass is 35.5. The minimum Gasteiger partial charge on any atom is -0.378 e. The van der Waals surface area contributed by atoms with Crippen LogP contribution in [0.15, 0.2) is 36.0 Å². The summed E-state index contributed by atoms with van der Waals surface area (Å²) in [5.41, 5.74) is 1.91. The van der Waals surface area contributed by atoms with Crippen LogP contribution in [0.3, 0.4) is 0 Å². The molecule has 21 heavy (non-hydrogen) atoms. The lowest BCUT2D eigenvalue weighted by atomic mass is 10.2. The van der Waals surface area contributed by atoms with E-state index >= 15 is 0 Å². The van der Waals surface area contributed by atoms with E-state index < -0.39 is 5.91 Å². The van der Waals surface area contributed by atoms with Crippen molar-refractivity contribution in [2.75, 3.05) is 36.7 Å². The van der Waals surface area contributed by atoms with Gasteiger partial charge in [-0.15, -0.1) is 11.6 Å². The molecule has 1 rings (SSSR count). The summed E-state index contributed by atoms with van der Waals surface area (Å²) in [6, 6.07) is 9.53. The molecule has 0 aliphatic heterocycles. The number of anilines is 2. The van der Waals surface area contributed by atoms with Gasteiger partial charge in [-0.1, -0.05) is 0 Å². The van der Waals surface area contributed by atoms with Gasteiger partial charge in [0.05, 0.1) is 0 Å². The first-order chi connectivity index (χ1) is 10.1. The third-order valence-corrected chi connectivity index (χ3v) is 3.00. The molecule has 0 atom stereocenters. The maximum atomic E-state index is 11.7. The van der Waals surface area contributed by atoms with Crippen LogP contribution in [0, 0.1) is 11.3 Å². The van der Waals surface area contributed by atoms with Gasteiger partial charge in [0, 0.05) is 44.1 Å². The molecule has 0 aliphatic carbocycles. The number of nitrogens with one attached hydrogen (secondary N) is 2. The zero-order chi connectivity index (χ0) is 15.7. The largest absolute Gasteiger partial charge is 0.378 e. The minimum atomic E-state index is -0.403. The summed E-state index contributed by atoms with van der Waals surface area (Å²) >= 11 is 5.53. The average Bonchev–Trinajstić information content (AvgIpc) is 2.48. The van der Waals surface area contributed by atoms with Gasteiger partial charge in [0.25, 0.3) is 5.91 Å². The third kappa shape index (κ3) is 5.76. The van der Waals surface area contributed by atoms with Gasteiger partial charge < -0.3 is 15.5 Å². The van der Waals surface area contributed by atoms with Crippen molar-refractivity contribution in [2.24, 2.45) is 0 Å². The van der Waals surface area contributed by atoms with Crippen molar-refractivity contribution in [3.63, 3.8) is 0 Å². The summed E-state index contributed by atoms with van der Waals surface area (Å²) in [7, 11) is 3.92. The lowest BCUT2D eigenvalue weighted by Crippen LogP contribution is -2.26. The number of benzene rings is 1. The second-order valence-corrected chi connectivity index (χ2v) is 4.93. The Bertz CT molecular complexity index is 532. The Morgan fingerprint density at radius 3 is 2.57 bits per heavy atom. The molecule has 0 unspecified atom stereocenters. The molecular formula is C15H19ClN4O. The minimum absolute atomic E-state index is 0.0289. The van der Waals surface area contributed by atoms with Gasteiger partial charge in [0.1, 0.15) is 11.6 Å². The highest BCUT2D eigenvalue weighted by molar-refractivity contribution is 6.17. The first-order valence-electron chi connectivity index (χ1n) is 6.57. The highest BCUT2D eigenvalue weighted by Crippen LogP contribution is 2.15. The number of hydrogen-bond acceptors (Lipinski definition) is 4. The van der Waals surface area contributed by atoms with E-state index in [0.29, 0.717) is 18.8 Å². The van der Waals surface area contributed by atoms with E-state index in [1.807, 2.05) is 49.3 Å². The van der Waals surface area contributed by atoms with E-state index in [1.165, 1.54) is 6.20 Å². The second kappa shape index (κ2) is 8.88. The Balaban J connectivity index is 2.63. The number of nitriles is 1. The zero-order valence-corrected chi connectivity index (χ0v) is 12.9. The predicted octanol–water partition coefficient (Wildman–Crippen LogP) is 2.32. The van der Waals surface area contributed by atoms with Crippen LogP contribution in [-0.4, -0.2) is 32.4 Å². The van der Waals surface area contributed by atoms with Crippen molar-refractivity contribution in [2.45, 2.75) is 6.42 Å². The number of carbonyl (C=O) groups excluding carboxylic acids is 1. The lowest BCUT2D eigenvalue weighted by molar-refractivity contribution is -0.117. The van der Waals surface area contributed by atoms with Gasteiger partial charge in [-0.2, -0.15) is 5.26 Å². The normalized spacial score (nSPS) is 10.7. The van der Waals surface area contributed by atoms with Crippen LogP contribution in [0.4, 0.5) is 11.4 Å². The maximum absolute atomic E-state index is 11.7. The number of alkyl halides is 1. The van der Waals surface area contributed by atoms with Gasteiger partial charge >= 0.3 is 0 Å². The molecule has 0 saturated carbocycles. The van der Waals surface area contributed by atoms with E-state index in [4.69, 9.17) is 16.9 Å². The monoisotopic (exact) mass is 306 g/mol. The molecule has 112 valence electrons. The molecule has 6 heteroatoms. The number of hydrogen-bond donors (Lipinski definition) is 2. The summed E-state index contributed by atoms with van der Waals surface area (Å²) in [4.78, 5) is 13.7. The van der Waals surface area contributed by atoms with E-state index in [2.05, 4.69) is 10.6 Å². The number of carbonyl (C=O) groups is 1. The van der Waals surface area contributed by atoms with Crippen molar-refractivity contribution in [1.29, 1.82) is 5.26 Å². The van der Waals surface area contributed by atoms with Crippen LogP contribution < -0.4 is 15.5 Å². The fourth-order valence-electron chi connectivity index (χ4n) is 1.52. The molecule has 0 spiro atoms. The first kappa shape index (κ1) is 16.9. The van der Waals surface area contributed by atoms with Gasteiger partial charge in [0.2, 0.25) is 0 Å². The first-order valence-corrected chi connectivity index (χ1v) is 7.10. The summed E-state index contributed by atoms with van der Waals surface area (Å²) in [6.45, 7) is 0.457. The fourth-order valence-corrected chi connectivity index (χ4v) is 1.66. The molecule has 1 amide bonds. The molecule has 2 N–H and O–H groups in total. The molecule has 1 aromatic carbocycles. The second-order valence-electron chi connectivity index (χ2n) is 4.55. The van der Waals surface area contributed by atoms with Crippen LogP contribution >= 0.6 is 11.6 Å². The Kier molecular flexibility index (Phi) is 7.13. The number of halogens is 1. The van der Waals surface area contributed by atoms with Crippen molar-refractivity contribution in [1.82, 2.24) is 5.32 Å². The topological polar surface area (TPSA) is 68.2 Å². The molecular weight excluding hydrogens is 288 g/mol. The Morgan fingerprint density at radius 2 is 2.05 bits per heavy atom. The molecule has 0 aliphatic rings. The summed E-state index contributed by atoms with van der Waals surface area (Å²) < 4.78 is 0. The van der Waals surface area contributed by atoms with E-state index in [-0.39, 0.29) is 5.57 Å². The van der Waals surface area contributed by atoms with E-state index in [9.17, 15) is 4.79 Å². The molecule has 0 bridgehead atoms. The smallest absolute Gasteiger partial charge is 0.263 e. The Morgan fingerprint density at radius 1 is 1.38 bits per heavy atom. The molecule has 0 heterocycles. The molecule has 5 nitrogen and oxygen atoms in total. The SMILES string of the molecule is CN(C)c1ccc(N/C=C(/C#N)C(=O)NCCCCl)cc1. The molecule has 0 radical (unpaired) electrons. The van der Waals surface area contributed by atoms with Gasteiger partial charge in [-0.05, 0) is 30.7 Å². The standard InChI is InChI=1S/C15H19ClN4O/c1-20(2)14-6-4-13(5-7-14)19-11-12(10-17)15(21)18-9-3-8-16/h4-7,11,19H,3,8-9H2,1-2H3,(H,18,21)/b12-11-. The molecule has 1 aromatic rings. The van der Waals surface area contributed by atoms with E-state index in [1.54, 1.807) is 0 Å². The zero-order valence-electron chi connectivity index (χ0n) is 12.2. The van der Waals surface area contributed by atoms with Crippen molar-refractivity contribution in [3.8, 4) is 6.07 Å². The summed E-state index contributed by atoms with van der Waals surface area (Å²) in [5, 5.41) is 14.6.